The maximum Gasteiger partial charge on any atom is 0.216 e. The van der Waals surface area contributed by atoms with Crippen molar-refractivity contribution in [2.75, 3.05) is 19.6 Å². The predicted octanol–water partition coefficient (Wildman–Crippen LogP) is 1.80. The van der Waals surface area contributed by atoms with E-state index in [0.717, 1.165) is 26.2 Å². The Morgan fingerprint density at radius 3 is 2.67 bits per heavy atom. The van der Waals surface area contributed by atoms with Crippen LogP contribution < -0.4 is 11.1 Å². The molecule has 4 nitrogen and oxygen atoms in total. The van der Waals surface area contributed by atoms with Crippen molar-refractivity contribution in [2.45, 2.75) is 39.8 Å². The first-order valence-electron chi connectivity index (χ1n) is 7.83. The smallest absolute Gasteiger partial charge is 0.216 e. The van der Waals surface area contributed by atoms with Crippen molar-refractivity contribution in [3.05, 3.63) is 34.9 Å². The van der Waals surface area contributed by atoms with Crippen molar-refractivity contribution in [3.8, 4) is 0 Å². The number of amides is 1. The fraction of sp³-hybridized carbons (Fsp3) is 0.588. The first-order valence-corrected chi connectivity index (χ1v) is 7.83. The second-order valence-electron chi connectivity index (χ2n) is 6.12. The van der Waals surface area contributed by atoms with E-state index in [2.05, 4.69) is 35.3 Å². The van der Waals surface area contributed by atoms with Crippen molar-refractivity contribution in [2.24, 2.45) is 11.7 Å². The van der Waals surface area contributed by atoms with Crippen LogP contribution in [-0.2, 0) is 17.9 Å². The highest BCUT2D eigenvalue weighted by atomic mass is 16.1. The molecule has 0 aliphatic carbocycles. The third-order valence-corrected chi connectivity index (χ3v) is 4.38. The fourth-order valence-electron chi connectivity index (χ4n) is 2.94. The number of rotatable bonds is 5. The number of nitrogens with zero attached hydrogens (tertiary/aromatic N) is 1. The zero-order valence-corrected chi connectivity index (χ0v) is 13.2. The fourth-order valence-corrected chi connectivity index (χ4v) is 2.94. The van der Waals surface area contributed by atoms with E-state index in [1.165, 1.54) is 29.5 Å². The van der Waals surface area contributed by atoms with Gasteiger partial charge in [-0.1, -0.05) is 18.2 Å². The summed E-state index contributed by atoms with van der Waals surface area (Å²) in [5.74, 6) is 0.707. The molecule has 3 N–H and O–H groups in total. The maximum absolute atomic E-state index is 11.0. The Morgan fingerprint density at radius 1 is 1.38 bits per heavy atom. The molecule has 1 aliphatic heterocycles. The molecule has 1 amide bonds. The van der Waals surface area contributed by atoms with Gasteiger partial charge in [-0.05, 0) is 55.5 Å². The monoisotopic (exact) mass is 289 g/mol. The Balaban J connectivity index is 1.82. The first kappa shape index (κ1) is 16.0. The summed E-state index contributed by atoms with van der Waals surface area (Å²) in [4.78, 5) is 13.5. The van der Waals surface area contributed by atoms with Gasteiger partial charge in [0.15, 0.2) is 0 Å². The van der Waals surface area contributed by atoms with Gasteiger partial charge in [-0.3, -0.25) is 9.69 Å². The summed E-state index contributed by atoms with van der Waals surface area (Å²) in [5.41, 5.74) is 9.60. The number of benzene rings is 1. The van der Waals surface area contributed by atoms with E-state index in [0.29, 0.717) is 12.5 Å². The number of hydrogen-bond acceptors (Lipinski definition) is 3. The number of nitrogens with two attached hydrogens (primary N) is 1. The summed E-state index contributed by atoms with van der Waals surface area (Å²) < 4.78 is 0. The highest BCUT2D eigenvalue weighted by Crippen LogP contribution is 2.20. The Bertz CT molecular complexity index is 479. The topological polar surface area (TPSA) is 58.4 Å². The van der Waals surface area contributed by atoms with Gasteiger partial charge in [0.1, 0.15) is 0 Å². The van der Waals surface area contributed by atoms with E-state index in [-0.39, 0.29) is 5.91 Å². The normalized spacial score (nSPS) is 16.9. The van der Waals surface area contributed by atoms with Crippen molar-refractivity contribution >= 4 is 5.91 Å². The molecule has 0 spiro atoms. The average molecular weight is 289 g/mol. The molecule has 0 bridgehead atoms. The number of piperidine rings is 1. The van der Waals surface area contributed by atoms with Gasteiger partial charge in [-0.2, -0.15) is 0 Å². The maximum atomic E-state index is 11.0. The molecule has 0 atom stereocenters. The molecule has 1 saturated heterocycles. The second kappa shape index (κ2) is 7.57. The van der Waals surface area contributed by atoms with Crippen LogP contribution in [-0.4, -0.2) is 30.4 Å². The highest BCUT2D eigenvalue weighted by Gasteiger charge is 2.19. The number of hydrogen-bond donors (Lipinski definition) is 2. The van der Waals surface area contributed by atoms with Crippen LogP contribution >= 0.6 is 0 Å². The summed E-state index contributed by atoms with van der Waals surface area (Å²) in [6.07, 6.45) is 2.33. The molecule has 0 aromatic heterocycles. The van der Waals surface area contributed by atoms with Crippen molar-refractivity contribution in [1.82, 2.24) is 10.2 Å². The molecule has 4 heteroatoms. The van der Waals surface area contributed by atoms with Gasteiger partial charge >= 0.3 is 0 Å². The second-order valence-corrected chi connectivity index (χ2v) is 6.12. The van der Waals surface area contributed by atoms with Crippen LogP contribution in [0.4, 0.5) is 0 Å². The largest absolute Gasteiger partial charge is 0.356 e. The third kappa shape index (κ3) is 4.83. The van der Waals surface area contributed by atoms with E-state index in [1.54, 1.807) is 6.92 Å². The van der Waals surface area contributed by atoms with Gasteiger partial charge in [0, 0.05) is 26.6 Å². The van der Waals surface area contributed by atoms with Gasteiger partial charge in [0.05, 0.1) is 0 Å². The molecule has 2 rings (SSSR count). The Hall–Kier alpha value is -1.39. The average Bonchev–Trinajstić information content (AvgIpc) is 2.48. The molecule has 1 heterocycles. The molecule has 1 aliphatic rings. The molecule has 116 valence electrons. The lowest BCUT2D eigenvalue weighted by Gasteiger charge is -2.32. The van der Waals surface area contributed by atoms with Crippen LogP contribution in [0.15, 0.2) is 18.2 Å². The molecule has 0 saturated carbocycles. The Morgan fingerprint density at radius 2 is 2.10 bits per heavy atom. The zero-order valence-electron chi connectivity index (χ0n) is 13.2. The lowest BCUT2D eigenvalue weighted by molar-refractivity contribution is -0.119. The lowest BCUT2D eigenvalue weighted by atomic mass is 9.96. The number of carbonyl (C=O) groups excluding carboxylic acids is 1. The van der Waals surface area contributed by atoms with Crippen LogP contribution in [0.25, 0.3) is 0 Å². The van der Waals surface area contributed by atoms with E-state index in [4.69, 9.17) is 5.73 Å². The number of likely N-dealkylation sites (tertiary alicyclic amines) is 1. The van der Waals surface area contributed by atoms with Gasteiger partial charge in [-0.15, -0.1) is 0 Å². The quantitative estimate of drug-likeness (QED) is 0.869. The summed E-state index contributed by atoms with van der Waals surface area (Å²) in [7, 11) is 0. The SMILES string of the molecule is CC(=O)NCC1CCN(Cc2ccc(CN)cc2C)CC1. The number of nitrogens with one attached hydrogen (secondary N) is 1. The van der Waals surface area contributed by atoms with Crippen LogP contribution in [0.1, 0.15) is 36.5 Å². The van der Waals surface area contributed by atoms with E-state index in [1.807, 2.05) is 0 Å². The van der Waals surface area contributed by atoms with Crippen LogP contribution in [0.5, 0.6) is 0 Å². The zero-order chi connectivity index (χ0) is 15.2. The molecular weight excluding hydrogens is 262 g/mol. The summed E-state index contributed by atoms with van der Waals surface area (Å²) in [5, 5.41) is 2.93. The Labute approximate surface area is 127 Å². The molecule has 0 unspecified atom stereocenters. The molecule has 21 heavy (non-hydrogen) atoms. The van der Waals surface area contributed by atoms with Crippen molar-refractivity contribution in [1.29, 1.82) is 0 Å². The van der Waals surface area contributed by atoms with Crippen LogP contribution in [0.2, 0.25) is 0 Å². The van der Waals surface area contributed by atoms with E-state index >= 15 is 0 Å². The van der Waals surface area contributed by atoms with Crippen LogP contribution in [0.3, 0.4) is 0 Å². The van der Waals surface area contributed by atoms with Crippen LogP contribution in [0, 0.1) is 12.8 Å². The number of carbonyl (C=O) groups is 1. The minimum absolute atomic E-state index is 0.0769. The summed E-state index contributed by atoms with van der Waals surface area (Å²) in [6, 6.07) is 6.53. The lowest BCUT2D eigenvalue weighted by Crippen LogP contribution is -2.37. The van der Waals surface area contributed by atoms with Gasteiger partial charge in [0.2, 0.25) is 5.91 Å². The Kier molecular flexibility index (Phi) is 5.76. The first-order chi connectivity index (χ1) is 10.1. The highest BCUT2D eigenvalue weighted by molar-refractivity contribution is 5.72. The number of aryl methyl sites for hydroxylation is 1. The standard InChI is InChI=1S/C17H27N3O/c1-13-9-16(10-18)3-4-17(13)12-20-7-5-15(6-8-20)11-19-14(2)21/h3-4,9,15H,5-8,10-12,18H2,1-2H3,(H,19,21). The van der Waals surface area contributed by atoms with E-state index < -0.39 is 0 Å². The molecule has 1 aromatic carbocycles. The molecule has 1 aromatic rings. The molecule has 0 radical (unpaired) electrons. The minimum atomic E-state index is 0.0769. The molecular formula is C17H27N3O. The third-order valence-electron chi connectivity index (χ3n) is 4.38. The van der Waals surface area contributed by atoms with Crippen molar-refractivity contribution < 1.29 is 4.79 Å². The molecule has 1 fully saturated rings. The summed E-state index contributed by atoms with van der Waals surface area (Å²) in [6.45, 7) is 8.43. The van der Waals surface area contributed by atoms with E-state index in [9.17, 15) is 4.79 Å². The van der Waals surface area contributed by atoms with Gasteiger partial charge < -0.3 is 11.1 Å². The van der Waals surface area contributed by atoms with Gasteiger partial charge in [-0.25, -0.2) is 0 Å². The minimum Gasteiger partial charge on any atom is -0.356 e. The predicted molar refractivity (Wildman–Crippen MR) is 85.8 cm³/mol. The van der Waals surface area contributed by atoms with Gasteiger partial charge in [0.25, 0.3) is 0 Å². The summed E-state index contributed by atoms with van der Waals surface area (Å²) >= 11 is 0. The van der Waals surface area contributed by atoms with Crippen molar-refractivity contribution in [3.63, 3.8) is 0 Å².